The molecule has 6 rings (SSSR count). The third kappa shape index (κ3) is 4.75. The van der Waals surface area contributed by atoms with E-state index in [9.17, 15) is 19.7 Å². The number of benzene rings is 2. The minimum Gasteiger partial charge on any atom is -0.476 e. The summed E-state index contributed by atoms with van der Waals surface area (Å²) in [7, 11) is 1.30. The maximum Gasteiger partial charge on any atom is 0.346 e. The van der Waals surface area contributed by atoms with Gasteiger partial charge in [0.1, 0.15) is 29.8 Å². The summed E-state index contributed by atoms with van der Waals surface area (Å²) < 4.78 is 6.56. The molecule has 5 aromatic rings. The molecule has 0 spiro atoms. The molecular weight excluding hydrogens is 576 g/mol. The fourth-order valence-corrected chi connectivity index (χ4v) is 5.56. The van der Waals surface area contributed by atoms with Gasteiger partial charge in [0.05, 0.1) is 46.1 Å². The molecule has 1 aliphatic heterocycles. The van der Waals surface area contributed by atoms with Gasteiger partial charge in [0, 0.05) is 23.3 Å². The van der Waals surface area contributed by atoms with Gasteiger partial charge in [0.25, 0.3) is 11.5 Å². The van der Waals surface area contributed by atoms with Crippen molar-refractivity contribution < 1.29 is 9.66 Å². The highest BCUT2D eigenvalue weighted by Crippen LogP contribution is 2.36. The Morgan fingerprint density at radius 1 is 1.09 bits per heavy atom. The van der Waals surface area contributed by atoms with Gasteiger partial charge in [-0.3, -0.25) is 24.3 Å². The number of aliphatic imine (C=N–C) groups is 1. The zero-order valence-corrected chi connectivity index (χ0v) is 23.6. The monoisotopic (exact) mass is 598 g/mol. The summed E-state index contributed by atoms with van der Waals surface area (Å²) in [5, 5.41) is 16.2. The third-order valence-corrected chi connectivity index (χ3v) is 7.45. The second-order valence-corrected chi connectivity index (χ2v) is 9.96. The molecule has 4 heterocycles. The average Bonchev–Trinajstić information content (AvgIpc) is 3.02. The number of aromatic nitrogens is 4. The number of nitro groups is 1. The first kappa shape index (κ1) is 27.6. The SMILES string of the molecule is COC1=NCN(c2cccc3c(Cl)c([C@H](C)Nc4ncnc5[nH]ccc(=O)c45)n(-c4ccccc4)c(=O)c23)C=C1[N+](=O)[O-]. The number of aromatic amines is 1. The van der Waals surface area contributed by atoms with Gasteiger partial charge in [-0.25, -0.2) is 15.0 Å². The van der Waals surface area contributed by atoms with Crippen molar-refractivity contribution in [3.8, 4) is 5.69 Å². The number of hydrogen-bond acceptors (Lipinski definition) is 10. The van der Waals surface area contributed by atoms with E-state index in [1.165, 1.54) is 41.4 Å². The molecule has 0 amide bonds. The molecule has 2 aromatic carbocycles. The highest BCUT2D eigenvalue weighted by atomic mass is 35.5. The second-order valence-electron chi connectivity index (χ2n) is 9.58. The summed E-state index contributed by atoms with van der Waals surface area (Å²) in [5.41, 5.74) is 0.667. The van der Waals surface area contributed by atoms with Crippen LogP contribution >= 0.6 is 11.6 Å². The van der Waals surface area contributed by atoms with Crippen LogP contribution in [0.15, 0.2) is 93.6 Å². The zero-order valence-electron chi connectivity index (χ0n) is 22.8. The number of H-pyrrole nitrogens is 1. The molecule has 3 aromatic heterocycles. The molecule has 43 heavy (non-hydrogen) atoms. The lowest BCUT2D eigenvalue weighted by atomic mass is 10.0. The molecule has 216 valence electrons. The minimum absolute atomic E-state index is 0.0168. The van der Waals surface area contributed by atoms with Crippen molar-refractivity contribution in [1.29, 1.82) is 0 Å². The van der Waals surface area contributed by atoms with Crippen LogP contribution in [0.3, 0.4) is 0 Å². The quantitative estimate of drug-likeness (QED) is 0.213. The summed E-state index contributed by atoms with van der Waals surface area (Å²) in [6.45, 7) is 1.79. The van der Waals surface area contributed by atoms with Gasteiger partial charge < -0.3 is 19.9 Å². The van der Waals surface area contributed by atoms with Crippen molar-refractivity contribution in [3.05, 3.63) is 120 Å². The molecule has 2 N–H and O–H groups in total. The van der Waals surface area contributed by atoms with E-state index in [1.807, 2.05) is 6.07 Å². The molecule has 0 fully saturated rings. The van der Waals surface area contributed by atoms with E-state index in [2.05, 4.69) is 25.3 Å². The third-order valence-electron chi connectivity index (χ3n) is 7.05. The Balaban J connectivity index is 1.58. The standard InChI is InChI=1S/C29H23ClN8O5/c1-16(35-27-23-21(39)11-12-31-26(23)32-14-33-27)25-24(30)18-9-6-10-19(36-13-20(38(41)42)28(43-2)34-15-36)22(18)29(40)37(25)17-7-4-3-5-8-17/h3-14,16H,15H2,1-2H3,(H2,31,32,33,35,39)/t16-/m0/s1. The smallest absolute Gasteiger partial charge is 0.346 e. The largest absolute Gasteiger partial charge is 0.476 e. The Kier molecular flexibility index (Phi) is 7.08. The van der Waals surface area contributed by atoms with Gasteiger partial charge >= 0.3 is 5.70 Å². The van der Waals surface area contributed by atoms with Crippen molar-refractivity contribution in [2.24, 2.45) is 4.99 Å². The van der Waals surface area contributed by atoms with Crippen LogP contribution in [0.25, 0.3) is 27.5 Å². The molecule has 0 bridgehead atoms. The number of para-hydroxylation sites is 1. The summed E-state index contributed by atoms with van der Waals surface area (Å²) in [5.74, 6) is 0.161. The highest BCUT2D eigenvalue weighted by molar-refractivity contribution is 6.36. The number of rotatable bonds is 6. The molecule has 0 radical (unpaired) electrons. The average molecular weight is 599 g/mol. The van der Waals surface area contributed by atoms with Crippen molar-refractivity contribution in [1.82, 2.24) is 19.5 Å². The number of anilines is 2. The van der Waals surface area contributed by atoms with Crippen LogP contribution in [-0.4, -0.2) is 44.1 Å². The van der Waals surface area contributed by atoms with Gasteiger partial charge in [-0.1, -0.05) is 41.9 Å². The number of hydrogen-bond donors (Lipinski definition) is 2. The number of methoxy groups -OCH3 is 1. The van der Waals surface area contributed by atoms with Crippen molar-refractivity contribution in [3.63, 3.8) is 0 Å². The fraction of sp³-hybridized carbons (Fsp3) is 0.138. The zero-order chi connectivity index (χ0) is 30.2. The first-order valence-electron chi connectivity index (χ1n) is 13.0. The van der Waals surface area contributed by atoms with E-state index < -0.39 is 16.5 Å². The van der Waals surface area contributed by atoms with Crippen LogP contribution in [0.4, 0.5) is 11.5 Å². The van der Waals surface area contributed by atoms with Crippen LogP contribution in [0.5, 0.6) is 0 Å². The number of fused-ring (bicyclic) bond motifs is 2. The molecule has 13 nitrogen and oxygen atoms in total. The lowest BCUT2D eigenvalue weighted by molar-refractivity contribution is -0.417. The fourth-order valence-electron chi connectivity index (χ4n) is 5.16. The molecule has 1 atom stereocenters. The van der Waals surface area contributed by atoms with Gasteiger partial charge in [0.15, 0.2) is 5.43 Å². The lowest BCUT2D eigenvalue weighted by Gasteiger charge is -2.26. The summed E-state index contributed by atoms with van der Waals surface area (Å²) in [4.78, 5) is 55.4. The highest BCUT2D eigenvalue weighted by Gasteiger charge is 2.29. The Labute approximate surface area is 247 Å². The number of halogens is 1. The number of nitrogens with zero attached hydrogens (tertiary/aromatic N) is 6. The first-order chi connectivity index (χ1) is 20.8. The van der Waals surface area contributed by atoms with E-state index in [1.54, 1.807) is 49.4 Å². The van der Waals surface area contributed by atoms with Crippen molar-refractivity contribution >= 4 is 50.8 Å². The Bertz CT molecular complexity index is 2090. The van der Waals surface area contributed by atoms with E-state index in [0.717, 1.165) is 0 Å². The van der Waals surface area contributed by atoms with Crippen molar-refractivity contribution in [2.75, 3.05) is 24.0 Å². The molecule has 1 aliphatic rings. The topological polar surface area (TPSA) is 161 Å². The molecule has 0 unspecified atom stereocenters. The normalized spacial score (nSPS) is 13.9. The van der Waals surface area contributed by atoms with Gasteiger partial charge in [-0.2, -0.15) is 0 Å². The van der Waals surface area contributed by atoms with E-state index in [4.69, 9.17) is 16.3 Å². The number of nitrogens with one attached hydrogen (secondary N) is 2. The van der Waals surface area contributed by atoms with E-state index in [-0.39, 0.29) is 45.3 Å². The van der Waals surface area contributed by atoms with Crippen molar-refractivity contribution in [2.45, 2.75) is 13.0 Å². The number of ether oxygens (including phenoxy) is 1. The predicted molar refractivity (Wildman–Crippen MR) is 164 cm³/mol. The minimum atomic E-state index is -0.629. The van der Waals surface area contributed by atoms with Crippen LogP contribution in [0, 0.1) is 10.1 Å². The van der Waals surface area contributed by atoms with E-state index >= 15 is 0 Å². The van der Waals surface area contributed by atoms with Gasteiger partial charge in [0.2, 0.25) is 0 Å². The Morgan fingerprint density at radius 2 is 1.88 bits per heavy atom. The number of pyridine rings is 2. The molecule has 0 saturated carbocycles. The van der Waals surface area contributed by atoms with Gasteiger partial charge in [-0.05, 0) is 25.1 Å². The maximum atomic E-state index is 14.5. The Morgan fingerprint density at radius 3 is 2.63 bits per heavy atom. The maximum absolute atomic E-state index is 14.5. The summed E-state index contributed by atoms with van der Waals surface area (Å²) in [6, 6.07) is 14.8. The van der Waals surface area contributed by atoms with E-state index in [0.29, 0.717) is 28.1 Å². The Hall–Kier alpha value is -5.56. The van der Waals surface area contributed by atoms with Gasteiger partial charge in [-0.15, -0.1) is 0 Å². The molecule has 0 saturated heterocycles. The summed E-state index contributed by atoms with van der Waals surface area (Å²) >= 11 is 7.12. The predicted octanol–water partition coefficient (Wildman–Crippen LogP) is 4.39. The van der Waals surface area contributed by atoms with Crippen LogP contribution in [-0.2, 0) is 4.74 Å². The second kappa shape index (κ2) is 11.0. The molecule has 14 heteroatoms. The van der Waals surface area contributed by atoms with Crippen LogP contribution < -0.4 is 21.2 Å². The first-order valence-corrected chi connectivity index (χ1v) is 13.4. The lowest BCUT2D eigenvalue weighted by Crippen LogP contribution is -2.31. The molecule has 0 aliphatic carbocycles. The van der Waals surface area contributed by atoms with Crippen LogP contribution in [0.2, 0.25) is 5.02 Å². The summed E-state index contributed by atoms with van der Waals surface area (Å²) in [6.07, 6.45) is 4.12. The van der Waals surface area contributed by atoms with Crippen LogP contribution in [0.1, 0.15) is 18.7 Å². The molecular formula is C29H23ClN8O5.